The number of benzene rings is 2. The van der Waals surface area contributed by atoms with Gasteiger partial charge in [-0.05, 0) is 49.7 Å². The molecule has 1 N–H and O–H groups in total. The van der Waals surface area contributed by atoms with Crippen LogP contribution in [0.5, 0.6) is 11.5 Å². The first kappa shape index (κ1) is 17.5. The molecule has 2 aromatic carbocycles. The summed E-state index contributed by atoms with van der Waals surface area (Å²) in [5.74, 6) is 0.759. The number of aryl methyl sites for hydroxylation is 1. The van der Waals surface area contributed by atoms with Crippen LogP contribution in [0.25, 0.3) is 11.0 Å². The first-order valence-electron chi connectivity index (χ1n) is 8.18. The second kappa shape index (κ2) is 7.31. The molecule has 0 bridgehead atoms. The molecule has 26 heavy (non-hydrogen) atoms. The van der Waals surface area contributed by atoms with Crippen molar-refractivity contribution < 1.29 is 18.7 Å². The number of anilines is 1. The zero-order valence-electron chi connectivity index (χ0n) is 14.8. The zero-order chi connectivity index (χ0) is 18.7. The molecule has 134 valence electrons. The number of ether oxygens (including phenoxy) is 2. The van der Waals surface area contributed by atoms with E-state index in [-0.39, 0.29) is 5.91 Å². The molecule has 0 aliphatic carbocycles. The van der Waals surface area contributed by atoms with Crippen molar-refractivity contribution in [2.75, 3.05) is 19.0 Å². The summed E-state index contributed by atoms with van der Waals surface area (Å²) in [6.07, 6.45) is 0. The molecule has 0 radical (unpaired) electrons. The van der Waals surface area contributed by atoms with Gasteiger partial charge >= 0.3 is 5.63 Å². The van der Waals surface area contributed by atoms with Crippen molar-refractivity contribution in [1.82, 2.24) is 0 Å². The Kier molecular flexibility index (Phi) is 4.93. The number of carbonyl (C=O) groups is 1. The Labute approximate surface area is 150 Å². The van der Waals surface area contributed by atoms with Gasteiger partial charge in [0.1, 0.15) is 5.58 Å². The predicted molar refractivity (Wildman–Crippen MR) is 99.3 cm³/mol. The predicted octanol–water partition coefficient (Wildman–Crippen LogP) is 3.76. The van der Waals surface area contributed by atoms with Crippen LogP contribution in [0.15, 0.2) is 51.7 Å². The smallest absolute Gasteiger partial charge is 0.336 e. The molecule has 1 amide bonds. The van der Waals surface area contributed by atoms with E-state index in [0.717, 1.165) is 10.9 Å². The van der Waals surface area contributed by atoms with E-state index in [0.29, 0.717) is 34.9 Å². The van der Waals surface area contributed by atoms with Gasteiger partial charge in [-0.3, -0.25) is 4.79 Å². The van der Waals surface area contributed by atoms with Crippen molar-refractivity contribution in [3.05, 3.63) is 64.0 Å². The van der Waals surface area contributed by atoms with Crippen molar-refractivity contribution in [3.8, 4) is 11.5 Å². The van der Waals surface area contributed by atoms with Crippen molar-refractivity contribution >= 4 is 22.6 Å². The highest BCUT2D eigenvalue weighted by Crippen LogP contribution is 2.28. The fourth-order valence-electron chi connectivity index (χ4n) is 2.69. The molecule has 3 rings (SSSR count). The van der Waals surface area contributed by atoms with E-state index in [1.165, 1.54) is 13.2 Å². The lowest BCUT2D eigenvalue weighted by Crippen LogP contribution is -2.12. The SMILES string of the molecule is CCOc1ccc(C(=O)Nc2ccc3c(C)cc(=O)oc3c2)cc1OC. The van der Waals surface area contributed by atoms with E-state index in [1.807, 2.05) is 19.9 Å². The van der Waals surface area contributed by atoms with Crippen LogP contribution < -0.4 is 20.4 Å². The van der Waals surface area contributed by atoms with E-state index in [1.54, 1.807) is 30.3 Å². The minimum Gasteiger partial charge on any atom is -0.493 e. The van der Waals surface area contributed by atoms with Gasteiger partial charge in [-0.1, -0.05) is 0 Å². The van der Waals surface area contributed by atoms with Crippen molar-refractivity contribution in [2.24, 2.45) is 0 Å². The molecule has 0 saturated carbocycles. The Morgan fingerprint density at radius 3 is 2.65 bits per heavy atom. The standard InChI is InChI=1S/C20H19NO5/c1-4-25-16-8-5-13(10-18(16)24-3)20(23)21-14-6-7-15-12(2)9-19(22)26-17(15)11-14/h5-11H,4H2,1-3H3,(H,21,23). The molecule has 1 aromatic heterocycles. The monoisotopic (exact) mass is 353 g/mol. The highest BCUT2D eigenvalue weighted by atomic mass is 16.5. The number of methoxy groups -OCH3 is 1. The van der Waals surface area contributed by atoms with E-state index < -0.39 is 5.63 Å². The lowest BCUT2D eigenvalue weighted by Gasteiger charge is -2.11. The van der Waals surface area contributed by atoms with Crippen LogP contribution >= 0.6 is 0 Å². The fourth-order valence-corrected chi connectivity index (χ4v) is 2.69. The van der Waals surface area contributed by atoms with Gasteiger partial charge in [0.05, 0.1) is 13.7 Å². The normalized spacial score (nSPS) is 10.6. The Morgan fingerprint density at radius 1 is 1.12 bits per heavy atom. The van der Waals surface area contributed by atoms with Crippen LogP contribution in [0.2, 0.25) is 0 Å². The van der Waals surface area contributed by atoms with E-state index in [9.17, 15) is 9.59 Å². The van der Waals surface area contributed by atoms with Gasteiger partial charge in [0.2, 0.25) is 0 Å². The van der Waals surface area contributed by atoms with Gasteiger partial charge < -0.3 is 19.2 Å². The topological polar surface area (TPSA) is 77.8 Å². The van der Waals surface area contributed by atoms with E-state index >= 15 is 0 Å². The molecule has 0 atom stereocenters. The van der Waals surface area contributed by atoms with Crippen molar-refractivity contribution in [1.29, 1.82) is 0 Å². The number of nitrogens with one attached hydrogen (secondary N) is 1. The van der Waals surface area contributed by atoms with Gasteiger partial charge in [0.25, 0.3) is 5.91 Å². The highest BCUT2D eigenvalue weighted by Gasteiger charge is 2.12. The summed E-state index contributed by atoms with van der Waals surface area (Å²) in [6.45, 7) is 4.22. The third-order valence-electron chi connectivity index (χ3n) is 3.93. The van der Waals surface area contributed by atoms with Gasteiger partial charge in [0.15, 0.2) is 11.5 Å². The number of hydrogen-bond donors (Lipinski definition) is 1. The molecule has 0 spiro atoms. The van der Waals surface area contributed by atoms with E-state index in [2.05, 4.69) is 5.32 Å². The van der Waals surface area contributed by atoms with Gasteiger partial charge in [-0.15, -0.1) is 0 Å². The Bertz CT molecular complexity index is 1020. The Hall–Kier alpha value is -3.28. The zero-order valence-corrected chi connectivity index (χ0v) is 14.8. The second-order valence-corrected chi connectivity index (χ2v) is 5.71. The average Bonchev–Trinajstić information content (AvgIpc) is 2.61. The maximum Gasteiger partial charge on any atom is 0.336 e. The maximum absolute atomic E-state index is 12.5. The third kappa shape index (κ3) is 3.54. The van der Waals surface area contributed by atoms with Crippen molar-refractivity contribution in [2.45, 2.75) is 13.8 Å². The molecule has 3 aromatic rings. The molecule has 0 aliphatic rings. The van der Waals surface area contributed by atoms with Gasteiger partial charge in [-0.2, -0.15) is 0 Å². The number of amides is 1. The Balaban J connectivity index is 1.88. The molecule has 0 unspecified atom stereocenters. The van der Waals surface area contributed by atoms with Crippen molar-refractivity contribution in [3.63, 3.8) is 0 Å². The maximum atomic E-state index is 12.5. The van der Waals surface area contributed by atoms with Gasteiger partial charge in [-0.25, -0.2) is 4.79 Å². The number of fused-ring (bicyclic) bond motifs is 1. The molecule has 0 aliphatic heterocycles. The number of hydrogen-bond acceptors (Lipinski definition) is 5. The van der Waals surface area contributed by atoms with E-state index in [4.69, 9.17) is 13.9 Å². The summed E-state index contributed by atoms with van der Waals surface area (Å²) in [6, 6.07) is 11.6. The molecule has 1 heterocycles. The minimum atomic E-state index is -0.422. The minimum absolute atomic E-state index is 0.305. The van der Waals surface area contributed by atoms with Gasteiger partial charge in [0, 0.05) is 28.8 Å². The lowest BCUT2D eigenvalue weighted by molar-refractivity contribution is 0.102. The Morgan fingerprint density at radius 2 is 1.92 bits per heavy atom. The number of carbonyl (C=O) groups excluding carboxylic acids is 1. The highest BCUT2D eigenvalue weighted by molar-refractivity contribution is 6.05. The summed E-state index contributed by atoms with van der Waals surface area (Å²) in [5.41, 5.74) is 1.79. The summed E-state index contributed by atoms with van der Waals surface area (Å²) in [5, 5.41) is 3.62. The molecular weight excluding hydrogens is 334 g/mol. The first-order chi connectivity index (χ1) is 12.5. The summed E-state index contributed by atoms with van der Waals surface area (Å²) in [7, 11) is 1.52. The summed E-state index contributed by atoms with van der Waals surface area (Å²) < 4.78 is 15.9. The molecule has 6 heteroatoms. The lowest BCUT2D eigenvalue weighted by atomic mass is 10.1. The molecule has 6 nitrogen and oxygen atoms in total. The fraction of sp³-hybridized carbons (Fsp3) is 0.200. The van der Waals surface area contributed by atoms with Crippen LogP contribution in [-0.4, -0.2) is 19.6 Å². The first-order valence-corrected chi connectivity index (χ1v) is 8.18. The summed E-state index contributed by atoms with van der Waals surface area (Å²) >= 11 is 0. The second-order valence-electron chi connectivity index (χ2n) is 5.71. The number of rotatable bonds is 5. The largest absolute Gasteiger partial charge is 0.493 e. The quantitative estimate of drug-likeness (QED) is 0.707. The van der Waals surface area contributed by atoms with Crippen LogP contribution in [0.3, 0.4) is 0 Å². The summed E-state index contributed by atoms with van der Waals surface area (Å²) in [4.78, 5) is 24.1. The van der Waals surface area contributed by atoms with Crippen LogP contribution in [-0.2, 0) is 0 Å². The molecule has 0 fully saturated rings. The average molecular weight is 353 g/mol. The van der Waals surface area contributed by atoms with Crippen LogP contribution in [0.4, 0.5) is 5.69 Å². The van der Waals surface area contributed by atoms with Crippen LogP contribution in [0, 0.1) is 6.92 Å². The molecular formula is C20H19NO5. The van der Waals surface area contributed by atoms with Crippen LogP contribution in [0.1, 0.15) is 22.8 Å². The molecule has 0 saturated heterocycles. The third-order valence-corrected chi connectivity index (χ3v) is 3.93.